The molecule has 0 saturated heterocycles. The molecule has 1 rings (SSSR count). The number of unbranched alkanes of at least 4 members (excludes halogenated alkanes) is 2. The summed E-state index contributed by atoms with van der Waals surface area (Å²) in [5, 5.41) is 6.74. The van der Waals surface area contributed by atoms with Crippen LogP contribution in [0, 0.1) is 0 Å². The first-order valence-electron chi connectivity index (χ1n) is 8.03. The molecule has 0 aliphatic heterocycles. The largest absolute Gasteiger partial charge is 0.385 e. The fourth-order valence-corrected chi connectivity index (χ4v) is 1.92. The van der Waals surface area contributed by atoms with Gasteiger partial charge in [-0.25, -0.2) is 9.97 Å². The number of anilines is 2. The van der Waals surface area contributed by atoms with Gasteiger partial charge in [0.2, 0.25) is 0 Å². The van der Waals surface area contributed by atoms with Crippen molar-refractivity contribution in [3.05, 3.63) is 11.9 Å². The van der Waals surface area contributed by atoms with Crippen molar-refractivity contribution in [3.8, 4) is 0 Å². The fraction of sp³-hybridized carbons (Fsp3) is 0.750. The van der Waals surface area contributed by atoms with E-state index >= 15 is 0 Å². The van der Waals surface area contributed by atoms with Gasteiger partial charge in [0.25, 0.3) is 0 Å². The van der Waals surface area contributed by atoms with Crippen molar-refractivity contribution < 1.29 is 4.74 Å². The molecular formula is C16H30N4O. The summed E-state index contributed by atoms with van der Waals surface area (Å²) in [5.74, 6) is 3.05. The predicted molar refractivity (Wildman–Crippen MR) is 89.1 cm³/mol. The van der Waals surface area contributed by atoms with Gasteiger partial charge in [-0.2, -0.15) is 0 Å². The summed E-state index contributed by atoms with van der Waals surface area (Å²) < 4.78 is 5.05. The van der Waals surface area contributed by atoms with Crippen molar-refractivity contribution >= 4 is 11.6 Å². The Balaban J connectivity index is 2.52. The summed E-state index contributed by atoms with van der Waals surface area (Å²) >= 11 is 0. The highest BCUT2D eigenvalue weighted by atomic mass is 16.5. The third-order valence-corrected chi connectivity index (χ3v) is 3.15. The third-order valence-electron chi connectivity index (χ3n) is 3.15. The number of hydrogen-bond donors (Lipinski definition) is 2. The van der Waals surface area contributed by atoms with Gasteiger partial charge >= 0.3 is 0 Å². The van der Waals surface area contributed by atoms with Crippen molar-refractivity contribution in [3.63, 3.8) is 0 Å². The summed E-state index contributed by atoms with van der Waals surface area (Å²) in [7, 11) is 1.75. The van der Waals surface area contributed by atoms with Crippen molar-refractivity contribution in [1.82, 2.24) is 9.97 Å². The summed E-state index contributed by atoms with van der Waals surface area (Å²) in [6, 6.07) is 2.00. The summed E-state index contributed by atoms with van der Waals surface area (Å²) in [6.45, 7) is 9.10. The van der Waals surface area contributed by atoms with Gasteiger partial charge in [0.05, 0.1) is 0 Å². The highest BCUT2D eigenvalue weighted by Gasteiger charge is 2.07. The van der Waals surface area contributed by atoms with Crippen molar-refractivity contribution in [1.29, 1.82) is 0 Å². The van der Waals surface area contributed by atoms with E-state index in [-0.39, 0.29) is 0 Å². The number of aromatic nitrogens is 2. The molecule has 1 heterocycles. The van der Waals surface area contributed by atoms with Crippen LogP contribution < -0.4 is 10.6 Å². The molecule has 5 nitrogen and oxygen atoms in total. The standard InChI is InChI=1S/C16H30N4O/c1-5-9-17-14-12-15(20-16(19-14)13(2)3)18-10-7-6-8-11-21-4/h12-13H,5-11H2,1-4H3,(H2,17,18,19,20). The van der Waals surface area contributed by atoms with Gasteiger partial charge < -0.3 is 15.4 Å². The molecule has 0 radical (unpaired) electrons. The van der Waals surface area contributed by atoms with E-state index < -0.39 is 0 Å². The van der Waals surface area contributed by atoms with Gasteiger partial charge in [-0.15, -0.1) is 0 Å². The maximum atomic E-state index is 5.05. The van der Waals surface area contributed by atoms with E-state index in [0.717, 1.165) is 56.4 Å². The Morgan fingerprint density at radius 1 is 1.05 bits per heavy atom. The minimum absolute atomic E-state index is 0.329. The summed E-state index contributed by atoms with van der Waals surface area (Å²) in [6.07, 6.45) is 4.50. The van der Waals surface area contributed by atoms with Crippen LogP contribution in [0.4, 0.5) is 11.6 Å². The molecule has 0 aliphatic rings. The van der Waals surface area contributed by atoms with E-state index in [1.165, 1.54) is 6.42 Å². The van der Waals surface area contributed by atoms with Crippen LogP contribution in [0.5, 0.6) is 0 Å². The second kappa shape index (κ2) is 10.4. The van der Waals surface area contributed by atoms with Gasteiger partial charge in [-0.1, -0.05) is 20.8 Å². The zero-order valence-corrected chi connectivity index (χ0v) is 13.9. The topological polar surface area (TPSA) is 59.1 Å². The van der Waals surface area contributed by atoms with Crippen LogP contribution in [0.15, 0.2) is 6.07 Å². The second-order valence-electron chi connectivity index (χ2n) is 5.56. The van der Waals surface area contributed by atoms with Crippen LogP contribution in [0.1, 0.15) is 58.2 Å². The van der Waals surface area contributed by atoms with E-state index in [4.69, 9.17) is 4.74 Å². The second-order valence-corrected chi connectivity index (χ2v) is 5.56. The molecule has 0 aliphatic carbocycles. The number of nitrogens with zero attached hydrogens (tertiary/aromatic N) is 2. The van der Waals surface area contributed by atoms with Crippen molar-refractivity contribution in [2.24, 2.45) is 0 Å². The predicted octanol–water partition coefficient (Wildman–Crippen LogP) is 3.65. The number of ether oxygens (including phenoxy) is 1. The minimum Gasteiger partial charge on any atom is -0.385 e. The molecule has 5 heteroatoms. The zero-order valence-electron chi connectivity index (χ0n) is 13.9. The third kappa shape index (κ3) is 7.27. The lowest BCUT2D eigenvalue weighted by Crippen LogP contribution is -2.10. The molecule has 0 unspecified atom stereocenters. The molecule has 1 aromatic heterocycles. The van der Waals surface area contributed by atoms with Crippen molar-refractivity contribution in [2.75, 3.05) is 37.4 Å². The molecule has 21 heavy (non-hydrogen) atoms. The summed E-state index contributed by atoms with van der Waals surface area (Å²) in [4.78, 5) is 9.15. The number of rotatable bonds is 11. The first-order valence-corrected chi connectivity index (χ1v) is 8.03. The van der Waals surface area contributed by atoms with E-state index in [1.54, 1.807) is 7.11 Å². The van der Waals surface area contributed by atoms with Gasteiger partial charge in [0, 0.05) is 38.8 Å². The molecule has 2 N–H and O–H groups in total. The van der Waals surface area contributed by atoms with Crippen LogP contribution in [0.2, 0.25) is 0 Å². The van der Waals surface area contributed by atoms with E-state index in [2.05, 4.69) is 41.4 Å². The van der Waals surface area contributed by atoms with Crippen LogP contribution in [0.3, 0.4) is 0 Å². The molecule has 1 aromatic rings. The average molecular weight is 294 g/mol. The molecule has 0 saturated carbocycles. The Bertz CT molecular complexity index is 396. The molecule has 0 fully saturated rings. The van der Waals surface area contributed by atoms with Crippen LogP contribution >= 0.6 is 0 Å². The Morgan fingerprint density at radius 3 is 2.29 bits per heavy atom. The maximum Gasteiger partial charge on any atom is 0.135 e. The lowest BCUT2D eigenvalue weighted by molar-refractivity contribution is 0.192. The quantitative estimate of drug-likeness (QED) is 0.610. The number of nitrogens with one attached hydrogen (secondary N) is 2. The number of methoxy groups -OCH3 is 1. The lowest BCUT2D eigenvalue weighted by atomic mass is 10.2. The Labute approximate surface area is 128 Å². The molecule has 120 valence electrons. The SMILES string of the molecule is CCCNc1cc(NCCCCCOC)nc(C(C)C)n1. The van der Waals surface area contributed by atoms with E-state index in [0.29, 0.717) is 5.92 Å². The van der Waals surface area contributed by atoms with Gasteiger partial charge in [0.15, 0.2) is 0 Å². The zero-order chi connectivity index (χ0) is 15.5. The molecular weight excluding hydrogens is 264 g/mol. The average Bonchev–Trinajstić information content (AvgIpc) is 2.48. The monoisotopic (exact) mass is 294 g/mol. The molecule has 0 amide bonds. The van der Waals surface area contributed by atoms with Gasteiger partial charge in [-0.3, -0.25) is 0 Å². The van der Waals surface area contributed by atoms with E-state index in [1.807, 2.05) is 6.07 Å². The molecule has 0 spiro atoms. The van der Waals surface area contributed by atoms with Crippen molar-refractivity contribution in [2.45, 2.75) is 52.4 Å². The highest BCUT2D eigenvalue weighted by molar-refractivity contribution is 5.47. The van der Waals surface area contributed by atoms with Gasteiger partial charge in [0.1, 0.15) is 17.5 Å². The Hall–Kier alpha value is -1.36. The highest BCUT2D eigenvalue weighted by Crippen LogP contribution is 2.17. The lowest BCUT2D eigenvalue weighted by Gasteiger charge is -2.12. The smallest absolute Gasteiger partial charge is 0.135 e. The van der Waals surface area contributed by atoms with Gasteiger partial charge in [-0.05, 0) is 25.7 Å². The minimum atomic E-state index is 0.329. The summed E-state index contributed by atoms with van der Waals surface area (Å²) in [5.41, 5.74) is 0. The normalized spacial score (nSPS) is 10.9. The Morgan fingerprint density at radius 2 is 1.71 bits per heavy atom. The number of hydrogen-bond acceptors (Lipinski definition) is 5. The Kier molecular flexibility index (Phi) is 8.74. The first-order chi connectivity index (χ1) is 10.2. The molecule has 0 atom stereocenters. The van der Waals surface area contributed by atoms with Crippen LogP contribution in [-0.2, 0) is 4.74 Å². The van der Waals surface area contributed by atoms with Crippen LogP contribution in [-0.4, -0.2) is 36.8 Å². The molecule has 0 aromatic carbocycles. The maximum absolute atomic E-state index is 5.05. The first kappa shape index (κ1) is 17.7. The molecule has 0 bridgehead atoms. The van der Waals surface area contributed by atoms with E-state index in [9.17, 15) is 0 Å². The van der Waals surface area contributed by atoms with Crippen LogP contribution in [0.25, 0.3) is 0 Å². The fourth-order valence-electron chi connectivity index (χ4n) is 1.92.